The summed E-state index contributed by atoms with van der Waals surface area (Å²) < 4.78 is 22.2. The van der Waals surface area contributed by atoms with Gasteiger partial charge in [0.05, 0.1) is 17.1 Å². The molecule has 20 heavy (non-hydrogen) atoms. The molecule has 1 aromatic rings. The van der Waals surface area contributed by atoms with Crippen LogP contribution in [0.3, 0.4) is 0 Å². The lowest BCUT2D eigenvalue weighted by atomic mass is 10.2. The van der Waals surface area contributed by atoms with Crippen molar-refractivity contribution in [3.8, 4) is 0 Å². The lowest BCUT2D eigenvalue weighted by Gasteiger charge is -2.36. The van der Waals surface area contributed by atoms with Crippen molar-refractivity contribution < 1.29 is 8.42 Å². The van der Waals surface area contributed by atoms with Gasteiger partial charge in [-0.15, -0.1) is 0 Å². The molecule has 1 saturated heterocycles. The first-order valence-corrected chi connectivity index (χ1v) is 9.01. The van der Waals surface area contributed by atoms with E-state index in [0.29, 0.717) is 6.42 Å². The molecule has 0 unspecified atom stereocenters. The molecule has 1 heterocycles. The zero-order chi connectivity index (χ0) is 14.6. The smallest absolute Gasteiger partial charge is 0.147 e. The van der Waals surface area contributed by atoms with Gasteiger partial charge in [-0.05, 0) is 25.1 Å². The largest absolute Gasteiger partial charge is 0.397 e. The minimum Gasteiger partial charge on any atom is -0.397 e. The van der Waals surface area contributed by atoms with E-state index in [1.54, 1.807) is 0 Å². The van der Waals surface area contributed by atoms with Gasteiger partial charge < -0.3 is 10.6 Å². The molecule has 0 aromatic heterocycles. The fourth-order valence-corrected chi connectivity index (χ4v) is 3.19. The molecular weight excluding hydrogens is 274 g/mol. The number of piperazine rings is 1. The number of nitrogen functional groups attached to an aromatic ring is 1. The number of rotatable bonds is 5. The highest BCUT2D eigenvalue weighted by molar-refractivity contribution is 7.90. The number of benzene rings is 1. The molecular formula is C14H23N3O2S. The van der Waals surface area contributed by atoms with Gasteiger partial charge in [0.1, 0.15) is 9.84 Å². The summed E-state index contributed by atoms with van der Waals surface area (Å²) in [6.45, 7) is 4.64. The lowest BCUT2D eigenvalue weighted by Crippen LogP contribution is -2.47. The molecule has 0 aliphatic carbocycles. The number of sulfone groups is 1. The molecule has 112 valence electrons. The second-order valence-electron chi connectivity index (χ2n) is 5.37. The second-order valence-corrected chi connectivity index (χ2v) is 7.63. The van der Waals surface area contributed by atoms with Gasteiger partial charge in [-0.1, -0.05) is 12.1 Å². The molecule has 0 saturated carbocycles. The first kappa shape index (κ1) is 15.1. The van der Waals surface area contributed by atoms with Crippen LogP contribution in [0.1, 0.15) is 6.42 Å². The van der Waals surface area contributed by atoms with Crippen LogP contribution in [0.25, 0.3) is 0 Å². The topological polar surface area (TPSA) is 66.6 Å². The lowest BCUT2D eigenvalue weighted by molar-refractivity contribution is 0.259. The van der Waals surface area contributed by atoms with Gasteiger partial charge in [-0.3, -0.25) is 4.90 Å². The maximum atomic E-state index is 11.1. The Morgan fingerprint density at radius 1 is 1.15 bits per heavy atom. The van der Waals surface area contributed by atoms with Crippen LogP contribution in [-0.2, 0) is 9.84 Å². The zero-order valence-corrected chi connectivity index (χ0v) is 12.8. The molecule has 0 amide bonds. The molecule has 2 N–H and O–H groups in total. The van der Waals surface area contributed by atoms with E-state index in [9.17, 15) is 8.42 Å². The minimum absolute atomic E-state index is 0.277. The Hall–Kier alpha value is -1.27. The highest BCUT2D eigenvalue weighted by Gasteiger charge is 2.18. The molecule has 0 bridgehead atoms. The Morgan fingerprint density at radius 3 is 2.40 bits per heavy atom. The molecule has 1 aromatic carbocycles. The normalized spacial score (nSPS) is 17.4. The summed E-state index contributed by atoms with van der Waals surface area (Å²) in [5.41, 5.74) is 7.91. The van der Waals surface area contributed by atoms with Crippen LogP contribution in [0.2, 0.25) is 0 Å². The Bertz CT molecular complexity index is 537. The Labute approximate surface area is 121 Å². The maximum absolute atomic E-state index is 11.1. The minimum atomic E-state index is -2.84. The van der Waals surface area contributed by atoms with E-state index in [0.717, 1.165) is 44.1 Å². The summed E-state index contributed by atoms with van der Waals surface area (Å²) >= 11 is 0. The van der Waals surface area contributed by atoms with Crippen molar-refractivity contribution in [2.24, 2.45) is 0 Å². The van der Waals surface area contributed by atoms with E-state index < -0.39 is 9.84 Å². The number of anilines is 2. The molecule has 2 rings (SSSR count). The summed E-state index contributed by atoms with van der Waals surface area (Å²) in [6.07, 6.45) is 2.01. The van der Waals surface area contributed by atoms with E-state index in [1.165, 1.54) is 6.26 Å². The summed E-state index contributed by atoms with van der Waals surface area (Å²) in [5.74, 6) is 0.277. The SMILES string of the molecule is CS(=O)(=O)CCCN1CCN(c2ccccc2N)CC1. The highest BCUT2D eigenvalue weighted by Crippen LogP contribution is 2.23. The van der Waals surface area contributed by atoms with Crippen LogP contribution in [0.4, 0.5) is 11.4 Å². The van der Waals surface area contributed by atoms with Gasteiger partial charge in [-0.25, -0.2) is 8.42 Å². The van der Waals surface area contributed by atoms with E-state index in [4.69, 9.17) is 5.73 Å². The molecule has 0 radical (unpaired) electrons. The molecule has 5 nitrogen and oxygen atoms in total. The van der Waals surface area contributed by atoms with E-state index in [2.05, 4.69) is 15.9 Å². The summed E-state index contributed by atoms with van der Waals surface area (Å²) in [4.78, 5) is 4.61. The summed E-state index contributed by atoms with van der Waals surface area (Å²) in [7, 11) is -2.84. The van der Waals surface area contributed by atoms with Crippen LogP contribution in [0.5, 0.6) is 0 Å². The third-order valence-corrected chi connectivity index (χ3v) is 4.67. The predicted molar refractivity (Wildman–Crippen MR) is 83.8 cm³/mol. The third kappa shape index (κ3) is 4.38. The van der Waals surface area contributed by atoms with Crippen LogP contribution in [-0.4, -0.2) is 58.1 Å². The third-order valence-electron chi connectivity index (χ3n) is 3.64. The average molecular weight is 297 g/mol. The molecule has 1 aliphatic heterocycles. The number of hydrogen-bond acceptors (Lipinski definition) is 5. The van der Waals surface area contributed by atoms with Crippen LogP contribution in [0.15, 0.2) is 24.3 Å². The van der Waals surface area contributed by atoms with Crippen LogP contribution < -0.4 is 10.6 Å². The van der Waals surface area contributed by atoms with Crippen molar-refractivity contribution >= 4 is 21.2 Å². The van der Waals surface area contributed by atoms with Crippen molar-refractivity contribution in [2.45, 2.75) is 6.42 Å². The maximum Gasteiger partial charge on any atom is 0.147 e. The summed E-state index contributed by atoms with van der Waals surface area (Å²) in [5, 5.41) is 0. The quantitative estimate of drug-likeness (QED) is 0.815. The van der Waals surface area contributed by atoms with Gasteiger partial charge in [0, 0.05) is 32.4 Å². The van der Waals surface area contributed by atoms with Gasteiger partial charge in [0.2, 0.25) is 0 Å². The van der Waals surface area contributed by atoms with Crippen LogP contribution >= 0.6 is 0 Å². The monoisotopic (exact) mass is 297 g/mol. The van der Waals surface area contributed by atoms with E-state index in [-0.39, 0.29) is 5.75 Å². The van der Waals surface area contributed by atoms with Gasteiger partial charge in [0.25, 0.3) is 0 Å². The van der Waals surface area contributed by atoms with Crippen molar-refractivity contribution in [1.82, 2.24) is 4.90 Å². The molecule has 0 atom stereocenters. The number of nitrogens with zero attached hydrogens (tertiary/aromatic N) is 2. The first-order valence-electron chi connectivity index (χ1n) is 6.95. The standard InChI is InChI=1S/C14H23N3O2S/c1-20(18,19)12-4-7-16-8-10-17(11-9-16)14-6-3-2-5-13(14)15/h2-3,5-6H,4,7-12,15H2,1H3. The van der Waals surface area contributed by atoms with Crippen molar-refractivity contribution in [1.29, 1.82) is 0 Å². The zero-order valence-electron chi connectivity index (χ0n) is 12.0. The molecule has 6 heteroatoms. The van der Waals surface area contributed by atoms with Gasteiger partial charge in [-0.2, -0.15) is 0 Å². The first-order chi connectivity index (χ1) is 9.46. The molecule has 0 spiro atoms. The summed E-state index contributed by atoms with van der Waals surface area (Å²) in [6, 6.07) is 7.92. The number of hydrogen-bond donors (Lipinski definition) is 1. The molecule has 1 aliphatic rings. The fourth-order valence-electron chi connectivity index (χ4n) is 2.54. The Balaban J connectivity index is 1.80. The number of para-hydroxylation sites is 2. The Morgan fingerprint density at radius 2 is 1.80 bits per heavy atom. The van der Waals surface area contributed by atoms with Gasteiger partial charge >= 0.3 is 0 Å². The number of nitrogens with two attached hydrogens (primary N) is 1. The highest BCUT2D eigenvalue weighted by atomic mass is 32.2. The second kappa shape index (κ2) is 6.45. The van der Waals surface area contributed by atoms with Crippen molar-refractivity contribution in [2.75, 3.05) is 55.4 Å². The van der Waals surface area contributed by atoms with Gasteiger partial charge in [0.15, 0.2) is 0 Å². The van der Waals surface area contributed by atoms with E-state index >= 15 is 0 Å². The predicted octanol–water partition coefficient (Wildman–Crippen LogP) is 0.826. The van der Waals surface area contributed by atoms with Crippen LogP contribution in [0, 0.1) is 0 Å². The van der Waals surface area contributed by atoms with Crippen molar-refractivity contribution in [3.63, 3.8) is 0 Å². The van der Waals surface area contributed by atoms with E-state index in [1.807, 2.05) is 18.2 Å². The Kier molecular flexibility index (Phi) is 4.88. The fraction of sp³-hybridized carbons (Fsp3) is 0.571. The average Bonchev–Trinajstić information content (AvgIpc) is 2.39. The molecule has 1 fully saturated rings. The van der Waals surface area contributed by atoms with Crippen molar-refractivity contribution in [3.05, 3.63) is 24.3 Å².